The molecular weight excluding hydrogens is 504 g/mol. The molecule has 4 rings (SSSR count). The van der Waals surface area contributed by atoms with E-state index in [-0.39, 0.29) is 26.4 Å². The fourth-order valence-corrected chi connectivity index (χ4v) is 5.43. The van der Waals surface area contributed by atoms with Crippen molar-refractivity contribution in [1.29, 1.82) is 0 Å². The van der Waals surface area contributed by atoms with Gasteiger partial charge in [-0.2, -0.15) is 13.5 Å². The summed E-state index contributed by atoms with van der Waals surface area (Å²) in [7, 11) is -8.02. The van der Waals surface area contributed by atoms with Gasteiger partial charge in [0.05, 0.1) is 43.7 Å². The fourth-order valence-electron chi connectivity index (χ4n) is 3.10. The van der Waals surface area contributed by atoms with Gasteiger partial charge < -0.3 is 10.8 Å². The Balaban J connectivity index is 1.67. The van der Waals surface area contributed by atoms with Crippen molar-refractivity contribution in [2.75, 3.05) is 18.1 Å². The first-order valence-corrected chi connectivity index (χ1v) is 13.5. The summed E-state index contributed by atoms with van der Waals surface area (Å²) >= 11 is 1.16. The van der Waals surface area contributed by atoms with Crippen LogP contribution in [-0.2, 0) is 20.0 Å². The van der Waals surface area contributed by atoms with E-state index >= 15 is 0 Å². The summed E-state index contributed by atoms with van der Waals surface area (Å²) in [4.78, 5) is 3.95. The first-order chi connectivity index (χ1) is 16.0. The van der Waals surface area contributed by atoms with E-state index in [2.05, 4.69) is 20.3 Å². The molecular formula is C19H18N6O6S3. The van der Waals surface area contributed by atoms with Crippen LogP contribution in [0.3, 0.4) is 0 Å². The second-order valence-corrected chi connectivity index (χ2v) is 11.6. The number of aliphatic hydroxyl groups is 1. The van der Waals surface area contributed by atoms with Crippen LogP contribution in [0.4, 0.5) is 16.6 Å². The van der Waals surface area contributed by atoms with Gasteiger partial charge in [0.1, 0.15) is 0 Å². The van der Waals surface area contributed by atoms with Gasteiger partial charge in [0.15, 0.2) is 21.3 Å². The largest absolute Gasteiger partial charge is 0.395 e. The molecule has 0 radical (unpaired) electrons. The van der Waals surface area contributed by atoms with Crippen molar-refractivity contribution in [1.82, 2.24) is 14.8 Å². The van der Waals surface area contributed by atoms with Crippen molar-refractivity contribution in [3.63, 3.8) is 0 Å². The lowest BCUT2D eigenvalue weighted by molar-refractivity contribution is 0.319. The molecule has 0 amide bonds. The van der Waals surface area contributed by atoms with Crippen molar-refractivity contribution in [3.8, 4) is 5.69 Å². The number of anilines is 1. The van der Waals surface area contributed by atoms with E-state index in [1.54, 1.807) is 19.1 Å². The molecule has 2 heterocycles. The number of sulfone groups is 1. The first kappa shape index (κ1) is 23.9. The molecule has 12 nitrogen and oxygen atoms in total. The summed E-state index contributed by atoms with van der Waals surface area (Å²) in [6.07, 6.45) is 0. The number of hydrogen-bond acceptors (Lipinski definition) is 11. The molecule has 0 aliphatic rings. The van der Waals surface area contributed by atoms with Crippen molar-refractivity contribution >= 4 is 58.1 Å². The molecule has 0 fully saturated rings. The number of benzene rings is 2. The number of aromatic nitrogens is 3. The number of fused-ring (bicyclic) bond motifs is 1. The van der Waals surface area contributed by atoms with Crippen LogP contribution in [-0.4, -0.2) is 53.6 Å². The average Bonchev–Trinajstić information content (AvgIpc) is 3.31. The van der Waals surface area contributed by atoms with Gasteiger partial charge in [-0.25, -0.2) is 18.1 Å². The lowest BCUT2D eigenvalue weighted by Crippen LogP contribution is -2.11. The number of azo groups is 1. The quantitative estimate of drug-likeness (QED) is 0.242. The van der Waals surface area contributed by atoms with Gasteiger partial charge in [-0.05, 0) is 43.3 Å². The summed E-state index contributed by atoms with van der Waals surface area (Å²) in [5.41, 5.74) is 7.61. The normalized spacial score (nSPS) is 12.7. The highest BCUT2D eigenvalue weighted by molar-refractivity contribution is 7.91. The third kappa shape index (κ3) is 4.69. The number of nitrogens with zero attached hydrogens (tertiary/aromatic N) is 5. The molecule has 0 aliphatic carbocycles. The maximum Gasteiger partial charge on any atom is 0.294 e. The van der Waals surface area contributed by atoms with Crippen LogP contribution in [0, 0.1) is 6.92 Å². The Morgan fingerprint density at radius 1 is 1.09 bits per heavy atom. The number of hydrogen-bond donors (Lipinski definition) is 3. The van der Waals surface area contributed by atoms with Gasteiger partial charge in [-0.15, -0.1) is 10.2 Å². The zero-order chi connectivity index (χ0) is 24.7. The van der Waals surface area contributed by atoms with Gasteiger partial charge >= 0.3 is 0 Å². The summed E-state index contributed by atoms with van der Waals surface area (Å²) < 4.78 is 58.4. The molecule has 0 saturated heterocycles. The van der Waals surface area contributed by atoms with Gasteiger partial charge in [0.2, 0.25) is 5.13 Å². The molecule has 0 saturated carbocycles. The van der Waals surface area contributed by atoms with Crippen LogP contribution in [0.15, 0.2) is 62.5 Å². The lowest BCUT2D eigenvalue weighted by atomic mass is 10.3. The molecule has 0 bridgehead atoms. The number of aliphatic hydroxyl groups excluding tert-OH is 1. The molecule has 2 aromatic carbocycles. The van der Waals surface area contributed by atoms with Crippen LogP contribution in [0.1, 0.15) is 5.69 Å². The van der Waals surface area contributed by atoms with E-state index in [9.17, 15) is 21.4 Å². The molecule has 4 N–H and O–H groups in total. The van der Waals surface area contributed by atoms with Crippen molar-refractivity contribution in [2.45, 2.75) is 16.7 Å². The van der Waals surface area contributed by atoms with E-state index in [4.69, 9.17) is 10.8 Å². The predicted molar refractivity (Wildman–Crippen MR) is 125 cm³/mol. The number of nitrogens with two attached hydrogens (primary N) is 1. The minimum Gasteiger partial charge on any atom is -0.395 e. The van der Waals surface area contributed by atoms with E-state index in [1.165, 1.54) is 35.0 Å². The van der Waals surface area contributed by atoms with Crippen LogP contribution in [0.2, 0.25) is 0 Å². The summed E-state index contributed by atoms with van der Waals surface area (Å²) in [6, 6.07) is 9.98. The Morgan fingerprint density at radius 3 is 2.56 bits per heavy atom. The van der Waals surface area contributed by atoms with E-state index in [0.717, 1.165) is 11.3 Å². The molecule has 178 valence electrons. The Labute approximate surface area is 198 Å². The van der Waals surface area contributed by atoms with Crippen LogP contribution in [0.25, 0.3) is 15.9 Å². The standard InChI is InChI=1S/C19H18N6O6S3/c1-11-17(22-23-19-21-15-10-14(34(29,30)31)5-6-16(15)32-19)18(20)25(24-11)12-3-2-4-13(9-12)33(27,28)8-7-26/h2-6,9-10,26H,7-8,20H2,1H3,(H,29,30,31)/b23-22+. The SMILES string of the molecule is Cc1nn(-c2cccc(S(=O)(=O)CCO)c2)c(N)c1/N=N/c1nc2cc(S(=O)(=O)O)ccc2s1. The smallest absolute Gasteiger partial charge is 0.294 e. The average molecular weight is 523 g/mol. The minimum atomic E-state index is -4.36. The zero-order valence-electron chi connectivity index (χ0n) is 17.5. The monoisotopic (exact) mass is 522 g/mol. The summed E-state index contributed by atoms with van der Waals surface area (Å²) in [6.45, 7) is 1.16. The number of thiazole rings is 1. The van der Waals surface area contributed by atoms with Crippen molar-refractivity contribution in [3.05, 3.63) is 48.2 Å². The first-order valence-electron chi connectivity index (χ1n) is 9.58. The Hall–Kier alpha value is -3.24. The summed E-state index contributed by atoms with van der Waals surface area (Å²) in [5, 5.41) is 21.8. The Bertz CT molecular complexity index is 1640. The second kappa shape index (κ2) is 8.84. The highest BCUT2D eigenvalue weighted by Crippen LogP contribution is 2.34. The van der Waals surface area contributed by atoms with Gasteiger partial charge in [0, 0.05) is 0 Å². The third-order valence-corrected chi connectivity index (χ3v) is 8.19. The summed E-state index contributed by atoms with van der Waals surface area (Å²) in [5.74, 6) is -0.287. The molecule has 15 heteroatoms. The Morgan fingerprint density at radius 2 is 1.85 bits per heavy atom. The highest BCUT2D eigenvalue weighted by atomic mass is 32.2. The maximum absolute atomic E-state index is 12.3. The predicted octanol–water partition coefficient (Wildman–Crippen LogP) is 2.80. The van der Waals surface area contributed by atoms with E-state index in [1.807, 2.05) is 0 Å². The zero-order valence-corrected chi connectivity index (χ0v) is 20.0. The van der Waals surface area contributed by atoms with Gasteiger partial charge in [0.25, 0.3) is 10.1 Å². The Kier molecular flexibility index (Phi) is 6.22. The maximum atomic E-state index is 12.3. The van der Waals surface area contributed by atoms with E-state index in [0.29, 0.717) is 21.6 Å². The lowest BCUT2D eigenvalue weighted by Gasteiger charge is -2.07. The fraction of sp³-hybridized carbons (Fsp3) is 0.158. The topological polar surface area (TPSA) is 190 Å². The molecule has 4 aromatic rings. The van der Waals surface area contributed by atoms with Crippen LogP contribution in [0.5, 0.6) is 0 Å². The van der Waals surface area contributed by atoms with E-state index < -0.39 is 32.3 Å². The number of aryl methyl sites for hydroxylation is 1. The highest BCUT2D eigenvalue weighted by Gasteiger charge is 2.18. The van der Waals surface area contributed by atoms with Crippen LogP contribution < -0.4 is 5.73 Å². The third-order valence-electron chi connectivity index (χ3n) is 4.73. The molecule has 0 atom stereocenters. The molecule has 0 unspecified atom stereocenters. The van der Waals surface area contributed by atoms with Crippen LogP contribution >= 0.6 is 11.3 Å². The second-order valence-electron chi connectivity index (χ2n) is 7.07. The molecule has 2 aromatic heterocycles. The molecule has 0 aliphatic heterocycles. The van der Waals surface area contributed by atoms with Crippen molar-refractivity contribution in [2.24, 2.45) is 10.2 Å². The molecule has 34 heavy (non-hydrogen) atoms. The molecule has 0 spiro atoms. The minimum absolute atomic E-state index is 0.0218. The number of rotatable bonds is 7. The van der Waals surface area contributed by atoms with Gasteiger partial charge in [-0.1, -0.05) is 17.4 Å². The van der Waals surface area contributed by atoms with Crippen molar-refractivity contribution < 1.29 is 26.5 Å². The van der Waals surface area contributed by atoms with Gasteiger partial charge in [-0.3, -0.25) is 4.55 Å². The number of nitrogen functional groups attached to an aromatic ring is 1.